The van der Waals surface area contributed by atoms with Gasteiger partial charge in [-0.3, -0.25) is 4.79 Å². The molecule has 0 radical (unpaired) electrons. The van der Waals surface area contributed by atoms with Crippen LogP contribution in [0, 0.1) is 0 Å². The zero-order chi connectivity index (χ0) is 20.2. The normalized spacial score (nSPS) is 12.5. The minimum absolute atomic E-state index is 0.0333. The lowest BCUT2D eigenvalue weighted by molar-refractivity contribution is -0.123. The fraction of sp³-hybridized carbons (Fsp3) is 0.222. The number of nitrogens with one attached hydrogen (secondary N) is 1. The Kier molecular flexibility index (Phi) is 6.59. The van der Waals surface area contributed by atoms with Crippen molar-refractivity contribution in [2.24, 2.45) is 0 Å². The number of carbonyl (C=O) groups excluding carboxylic acids is 2. The minimum atomic E-state index is -3.63. The van der Waals surface area contributed by atoms with Crippen molar-refractivity contribution in [2.75, 3.05) is 19.4 Å². The molecule has 1 atom stereocenters. The lowest BCUT2D eigenvalue weighted by Gasteiger charge is -2.15. The molecular formula is C18H19ClN2O5S. The molecule has 0 aliphatic heterocycles. The predicted octanol–water partition coefficient (Wildman–Crippen LogP) is 2.77. The number of hydrogen-bond donors (Lipinski definition) is 1. The first-order chi connectivity index (χ1) is 12.6. The molecule has 1 amide bonds. The van der Waals surface area contributed by atoms with E-state index in [-0.39, 0.29) is 21.2 Å². The molecule has 0 heterocycles. The van der Waals surface area contributed by atoms with E-state index in [9.17, 15) is 18.0 Å². The minimum Gasteiger partial charge on any atom is -0.449 e. The second-order valence-corrected chi connectivity index (χ2v) is 8.39. The fourth-order valence-corrected chi connectivity index (χ4v) is 3.25. The standard InChI is InChI=1S/C18H19ClN2O5S/c1-12(26-18(23)15-9-4-5-10-16(15)19)17(22)20-13-7-6-8-14(11-13)27(24,25)21(2)3/h4-12H,1-3H3,(H,20,22)/t12-/m1/s1. The Bertz CT molecular complexity index is 960. The highest BCUT2D eigenvalue weighted by Crippen LogP contribution is 2.19. The molecule has 0 aromatic heterocycles. The Labute approximate surface area is 162 Å². The molecule has 0 unspecified atom stereocenters. The molecule has 2 rings (SSSR count). The average Bonchev–Trinajstić information content (AvgIpc) is 2.62. The number of nitrogens with zero attached hydrogens (tertiary/aromatic N) is 1. The highest BCUT2D eigenvalue weighted by Gasteiger charge is 2.22. The first kappa shape index (κ1) is 20.9. The molecule has 0 aliphatic rings. The van der Waals surface area contributed by atoms with Crippen LogP contribution in [-0.4, -0.2) is 44.8 Å². The second-order valence-electron chi connectivity index (χ2n) is 5.83. The molecule has 0 aliphatic carbocycles. The maximum Gasteiger partial charge on any atom is 0.340 e. The number of amides is 1. The maximum absolute atomic E-state index is 12.3. The Morgan fingerprint density at radius 2 is 1.78 bits per heavy atom. The highest BCUT2D eigenvalue weighted by atomic mass is 35.5. The SMILES string of the molecule is C[C@@H](OC(=O)c1ccccc1Cl)C(=O)Nc1cccc(S(=O)(=O)N(C)C)c1. The largest absolute Gasteiger partial charge is 0.449 e. The molecule has 2 aromatic carbocycles. The summed E-state index contributed by atoms with van der Waals surface area (Å²) in [5.74, 6) is -1.33. The number of hydrogen-bond acceptors (Lipinski definition) is 5. The molecule has 7 nitrogen and oxygen atoms in total. The lowest BCUT2D eigenvalue weighted by Crippen LogP contribution is -2.30. The summed E-state index contributed by atoms with van der Waals surface area (Å²) in [6, 6.07) is 12.1. The summed E-state index contributed by atoms with van der Waals surface area (Å²) in [5.41, 5.74) is 0.418. The van der Waals surface area contributed by atoms with E-state index in [2.05, 4.69) is 5.32 Å². The summed E-state index contributed by atoms with van der Waals surface area (Å²) in [6.45, 7) is 1.41. The summed E-state index contributed by atoms with van der Waals surface area (Å²) < 4.78 is 30.5. The summed E-state index contributed by atoms with van der Waals surface area (Å²) >= 11 is 5.94. The van der Waals surface area contributed by atoms with Crippen molar-refractivity contribution >= 4 is 39.2 Å². The maximum atomic E-state index is 12.3. The number of sulfonamides is 1. The molecule has 27 heavy (non-hydrogen) atoms. The van der Waals surface area contributed by atoms with E-state index < -0.39 is 28.0 Å². The van der Waals surface area contributed by atoms with Crippen LogP contribution in [0.5, 0.6) is 0 Å². The van der Waals surface area contributed by atoms with Crippen LogP contribution in [0.4, 0.5) is 5.69 Å². The Balaban J connectivity index is 2.09. The van der Waals surface area contributed by atoms with Crippen LogP contribution in [-0.2, 0) is 19.6 Å². The number of carbonyl (C=O) groups is 2. The van der Waals surface area contributed by atoms with Gasteiger partial charge < -0.3 is 10.1 Å². The number of halogens is 1. The molecule has 9 heteroatoms. The Morgan fingerprint density at radius 3 is 2.41 bits per heavy atom. The van der Waals surface area contributed by atoms with Crippen LogP contribution in [0.3, 0.4) is 0 Å². The van der Waals surface area contributed by atoms with Crippen molar-refractivity contribution in [2.45, 2.75) is 17.9 Å². The van der Waals surface area contributed by atoms with Gasteiger partial charge in [0.2, 0.25) is 10.0 Å². The van der Waals surface area contributed by atoms with E-state index in [0.717, 1.165) is 4.31 Å². The molecule has 0 bridgehead atoms. The third kappa shape index (κ3) is 5.06. The van der Waals surface area contributed by atoms with Gasteiger partial charge >= 0.3 is 5.97 Å². The van der Waals surface area contributed by atoms with Crippen LogP contribution in [0.25, 0.3) is 0 Å². The van der Waals surface area contributed by atoms with Crippen LogP contribution in [0.15, 0.2) is 53.4 Å². The van der Waals surface area contributed by atoms with Gasteiger partial charge in [-0.15, -0.1) is 0 Å². The van der Waals surface area contributed by atoms with Gasteiger partial charge in [-0.05, 0) is 37.3 Å². The predicted molar refractivity (Wildman–Crippen MR) is 102 cm³/mol. The molecule has 2 aromatic rings. The first-order valence-electron chi connectivity index (χ1n) is 7.92. The monoisotopic (exact) mass is 410 g/mol. The number of anilines is 1. The number of benzene rings is 2. The molecule has 0 saturated carbocycles. The van der Waals surface area contributed by atoms with E-state index in [1.165, 1.54) is 51.4 Å². The van der Waals surface area contributed by atoms with Crippen LogP contribution in [0.1, 0.15) is 17.3 Å². The van der Waals surface area contributed by atoms with Crippen molar-refractivity contribution in [1.29, 1.82) is 0 Å². The van der Waals surface area contributed by atoms with Gasteiger partial charge in [0, 0.05) is 19.8 Å². The second kappa shape index (κ2) is 8.51. The van der Waals surface area contributed by atoms with Crippen LogP contribution < -0.4 is 5.32 Å². The number of ether oxygens (including phenoxy) is 1. The third-order valence-electron chi connectivity index (χ3n) is 3.63. The first-order valence-corrected chi connectivity index (χ1v) is 9.73. The summed E-state index contributed by atoms with van der Waals surface area (Å²) in [5, 5.41) is 2.75. The third-order valence-corrected chi connectivity index (χ3v) is 5.77. The van der Waals surface area contributed by atoms with Crippen LogP contribution >= 0.6 is 11.6 Å². The molecule has 0 spiro atoms. The zero-order valence-electron chi connectivity index (χ0n) is 15.0. The molecule has 0 saturated heterocycles. The van der Waals surface area contributed by atoms with Crippen molar-refractivity contribution in [3.63, 3.8) is 0 Å². The lowest BCUT2D eigenvalue weighted by atomic mass is 10.2. The Hall–Kier alpha value is -2.42. The van der Waals surface area contributed by atoms with Crippen molar-refractivity contribution < 1.29 is 22.7 Å². The summed E-state index contributed by atoms with van der Waals surface area (Å²) in [4.78, 5) is 24.4. The van der Waals surface area contributed by atoms with Crippen molar-refractivity contribution in [3.8, 4) is 0 Å². The fourth-order valence-electron chi connectivity index (χ4n) is 2.09. The van der Waals surface area contributed by atoms with Gasteiger partial charge in [0.25, 0.3) is 5.91 Å². The number of esters is 1. The smallest absolute Gasteiger partial charge is 0.340 e. The van der Waals surface area contributed by atoms with Gasteiger partial charge in [-0.1, -0.05) is 29.8 Å². The highest BCUT2D eigenvalue weighted by molar-refractivity contribution is 7.89. The number of rotatable bonds is 6. The van der Waals surface area contributed by atoms with Gasteiger partial charge in [0.05, 0.1) is 15.5 Å². The van der Waals surface area contributed by atoms with E-state index in [0.29, 0.717) is 0 Å². The topological polar surface area (TPSA) is 92.8 Å². The van der Waals surface area contributed by atoms with Crippen molar-refractivity contribution in [3.05, 3.63) is 59.1 Å². The Morgan fingerprint density at radius 1 is 1.11 bits per heavy atom. The van der Waals surface area contributed by atoms with Gasteiger partial charge in [0.15, 0.2) is 6.10 Å². The van der Waals surface area contributed by atoms with Crippen LogP contribution in [0.2, 0.25) is 5.02 Å². The summed E-state index contributed by atoms with van der Waals surface area (Å²) in [6.07, 6.45) is -1.11. The van der Waals surface area contributed by atoms with Gasteiger partial charge in [-0.2, -0.15) is 0 Å². The van der Waals surface area contributed by atoms with Gasteiger partial charge in [0.1, 0.15) is 0 Å². The molecular weight excluding hydrogens is 392 g/mol. The molecule has 1 N–H and O–H groups in total. The van der Waals surface area contributed by atoms with E-state index in [4.69, 9.17) is 16.3 Å². The molecule has 0 fully saturated rings. The molecule has 144 valence electrons. The van der Waals surface area contributed by atoms with E-state index in [1.54, 1.807) is 18.2 Å². The van der Waals surface area contributed by atoms with E-state index in [1.807, 2.05) is 0 Å². The zero-order valence-corrected chi connectivity index (χ0v) is 16.5. The van der Waals surface area contributed by atoms with Crippen molar-refractivity contribution in [1.82, 2.24) is 4.31 Å². The quantitative estimate of drug-likeness (QED) is 0.739. The summed E-state index contributed by atoms with van der Waals surface area (Å²) in [7, 11) is -0.806. The van der Waals surface area contributed by atoms with E-state index >= 15 is 0 Å². The van der Waals surface area contributed by atoms with Gasteiger partial charge in [-0.25, -0.2) is 17.5 Å². The average molecular weight is 411 g/mol.